The first kappa shape index (κ1) is 41.9. The van der Waals surface area contributed by atoms with Crippen LogP contribution >= 0.6 is 0 Å². The molecule has 1 rings (SSSR count). The van der Waals surface area contributed by atoms with Crippen LogP contribution in [0.15, 0.2) is 24.3 Å². The van der Waals surface area contributed by atoms with Crippen molar-refractivity contribution in [3.05, 3.63) is 29.8 Å². The number of unbranched alkanes of at least 4 members (excludes halogenated alkanes) is 17. The smallest absolute Gasteiger partial charge is 0.335 e. The van der Waals surface area contributed by atoms with Crippen LogP contribution in [0.5, 0.6) is 5.75 Å². The Hall–Kier alpha value is -0.559. The molecule has 0 saturated heterocycles. The Kier molecular flexibility index (Phi) is 36.0. The molecule has 0 aliphatic heterocycles. The van der Waals surface area contributed by atoms with E-state index in [0.717, 1.165) is 25.0 Å². The van der Waals surface area contributed by atoms with E-state index in [1.807, 2.05) is 0 Å². The minimum absolute atomic E-state index is 0. The maximum absolute atomic E-state index is 10.7. The van der Waals surface area contributed by atoms with Crippen LogP contribution in [-0.2, 0) is 49.6 Å². The quantitative estimate of drug-likeness (QED) is 0.0869. The molecule has 0 spiro atoms. The van der Waals surface area contributed by atoms with Gasteiger partial charge in [-0.15, -0.1) is 0 Å². The minimum atomic E-state index is -0.902. The number of hydrogen-bond donors (Lipinski definition) is 2. The standard InChI is InChI=1S/C19H30O3.C12H24O2.2Ag/c1-2-3-4-5-6-7-8-9-10-11-16-22-18-14-12-17(13-15-18)19(20)21;1-2-3-4-5-6-7-8-9-10-11-12(13)14;;/h12-15H,2-11,16H2,1H3,(H,20,21);2-11H2,1H3,(H,13,14);;. The van der Waals surface area contributed by atoms with E-state index in [9.17, 15) is 9.59 Å². The normalized spacial score (nSPS) is 9.95. The molecule has 1 aromatic rings. The van der Waals surface area contributed by atoms with Crippen molar-refractivity contribution in [2.24, 2.45) is 0 Å². The Labute approximate surface area is 264 Å². The van der Waals surface area contributed by atoms with Gasteiger partial charge >= 0.3 is 11.9 Å². The number of carboxylic acids is 2. The molecule has 0 aliphatic rings. The van der Waals surface area contributed by atoms with Crippen molar-refractivity contribution in [1.82, 2.24) is 0 Å². The van der Waals surface area contributed by atoms with Gasteiger partial charge in [0.2, 0.25) is 0 Å². The molecule has 0 amide bonds. The summed E-state index contributed by atoms with van der Waals surface area (Å²) in [5, 5.41) is 17.2. The number of carbonyl (C=O) groups is 2. The molecule has 230 valence electrons. The van der Waals surface area contributed by atoms with Crippen LogP contribution in [0.1, 0.15) is 153 Å². The molecular formula is C31H54Ag2O5. The second kappa shape index (κ2) is 32.7. The summed E-state index contributed by atoms with van der Waals surface area (Å²) < 4.78 is 5.62. The summed E-state index contributed by atoms with van der Waals surface area (Å²) in [6.07, 6.45) is 24.6. The zero-order valence-corrected chi connectivity index (χ0v) is 26.8. The van der Waals surface area contributed by atoms with Crippen LogP contribution in [0, 0.1) is 0 Å². The van der Waals surface area contributed by atoms with Gasteiger partial charge in [0.05, 0.1) is 12.2 Å². The third-order valence-electron chi connectivity index (χ3n) is 6.36. The number of aliphatic carboxylic acids is 1. The van der Waals surface area contributed by atoms with Gasteiger partial charge in [-0.25, -0.2) is 4.79 Å². The van der Waals surface area contributed by atoms with Crippen molar-refractivity contribution < 1.29 is 69.3 Å². The average Bonchev–Trinajstić information content (AvgIpc) is 2.87. The molecule has 0 heterocycles. The van der Waals surface area contributed by atoms with Crippen molar-refractivity contribution in [1.29, 1.82) is 0 Å². The van der Waals surface area contributed by atoms with E-state index in [0.29, 0.717) is 18.6 Å². The summed E-state index contributed by atoms with van der Waals surface area (Å²) in [4.78, 5) is 20.9. The second-order valence-corrected chi connectivity index (χ2v) is 9.83. The fraction of sp³-hybridized carbons (Fsp3) is 0.742. The third kappa shape index (κ3) is 30.0. The Balaban J connectivity index is -0.000000671. The summed E-state index contributed by atoms with van der Waals surface area (Å²) in [7, 11) is 0. The fourth-order valence-corrected chi connectivity index (χ4v) is 4.06. The van der Waals surface area contributed by atoms with Gasteiger partial charge in [0.25, 0.3) is 0 Å². The molecule has 0 bridgehead atoms. The number of benzene rings is 1. The first-order chi connectivity index (χ1) is 17.5. The molecule has 0 unspecified atom stereocenters. The summed E-state index contributed by atoms with van der Waals surface area (Å²) in [6, 6.07) is 6.60. The molecule has 7 heteroatoms. The fourth-order valence-electron chi connectivity index (χ4n) is 4.06. The van der Waals surface area contributed by atoms with E-state index in [4.69, 9.17) is 14.9 Å². The van der Waals surface area contributed by atoms with Crippen molar-refractivity contribution in [3.63, 3.8) is 0 Å². The zero-order chi connectivity index (χ0) is 26.7. The summed E-state index contributed by atoms with van der Waals surface area (Å²) in [5.74, 6) is -0.810. The molecule has 38 heavy (non-hydrogen) atoms. The van der Waals surface area contributed by atoms with Crippen LogP contribution in [0.25, 0.3) is 0 Å². The largest absolute Gasteiger partial charge is 0.494 e. The van der Waals surface area contributed by atoms with E-state index in [1.165, 1.54) is 103 Å². The van der Waals surface area contributed by atoms with Gasteiger partial charge in [0.15, 0.2) is 0 Å². The van der Waals surface area contributed by atoms with Crippen LogP contribution in [-0.4, -0.2) is 28.8 Å². The Morgan fingerprint density at radius 1 is 0.579 bits per heavy atom. The van der Waals surface area contributed by atoms with Gasteiger partial charge in [-0.1, -0.05) is 123 Å². The van der Waals surface area contributed by atoms with Crippen LogP contribution in [0.4, 0.5) is 0 Å². The Morgan fingerprint density at radius 2 is 0.947 bits per heavy atom. The minimum Gasteiger partial charge on any atom is -0.494 e. The molecular weight excluding hydrogens is 668 g/mol. The van der Waals surface area contributed by atoms with Gasteiger partial charge < -0.3 is 14.9 Å². The molecule has 2 radical (unpaired) electrons. The molecule has 5 nitrogen and oxygen atoms in total. The van der Waals surface area contributed by atoms with Gasteiger partial charge in [0, 0.05) is 51.2 Å². The maximum atomic E-state index is 10.7. The summed E-state index contributed by atoms with van der Waals surface area (Å²) in [6.45, 7) is 5.19. The molecule has 0 aromatic heterocycles. The van der Waals surface area contributed by atoms with Crippen LogP contribution < -0.4 is 4.74 Å². The Bertz CT molecular complexity index is 638. The van der Waals surface area contributed by atoms with E-state index in [2.05, 4.69) is 13.8 Å². The van der Waals surface area contributed by atoms with E-state index in [-0.39, 0.29) is 44.8 Å². The molecule has 0 saturated carbocycles. The topological polar surface area (TPSA) is 83.8 Å². The van der Waals surface area contributed by atoms with E-state index >= 15 is 0 Å². The SMILES string of the molecule is CCCCCCCCCCCC(=O)O.CCCCCCCCCCCCOc1ccc(C(=O)O)cc1.[Ag].[Ag]. The van der Waals surface area contributed by atoms with E-state index < -0.39 is 11.9 Å². The zero-order valence-electron chi connectivity index (χ0n) is 23.9. The third-order valence-corrected chi connectivity index (χ3v) is 6.36. The van der Waals surface area contributed by atoms with Gasteiger partial charge in [0.1, 0.15) is 5.75 Å². The van der Waals surface area contributed by atoms with Gasteiger partial charge in [-0.2, -0.15) is 0 Å². The summed E-state index contributed by atoms with van der Waals surface area (Å²) >= 11 is 0. The molecule has 0 atom stereocenters. The molecule has 1 aromatic carbocycles. The Morgan fingerprint density at radius 3 is 1.32 bits per heavy atom. The number of rotatable bonds is 23. The number of carboxylic acid groups (broad SMARTS) is 2. The monoisotopic (exact) mass is 720 g/mol. The first-order valence-electron chi connectivity index (χ1n) is 14.7. The predicted octanol–water partition coefficient (Wildman–Crippen LogP) is 9.67. The molecule has 0 aliphatic carbocycles. The predicted molar refractivity (Wildman–Crippen MR) is 150 cm³/mol. The number of hydrogen-bond acceptors (Lipinski definition) is 3. The molecule has 0 fully saturated rings. The maximum Gasteiger partial charge on any atom is 0.335 e. The van der Waals surface area contributed by atoms with Crippen molar-refractivity contribution >= 4 is 11.9 Å². The summed E-state index contributed by atoms with van der Waals surface area (Å²) in [5.41, 5.74) is 0.297. The van der Waals surface area contributed by atoms with Crippen LogP contribution in [0.2, 0.25) is 0 Å². The van der Waals surface area contributed by atoms with Gasteiger partial charge in [-0.3, -0.25) is 4.79 Å². The average molecular weight is 723 g/mol. The number of aromatic carboxylic acids is 1. The van der Waals surface area contributed by atoms with Crippen molar-refractivity contribution in [2.45, 2.75) is 142 Å². The molecule has 2 N–H and O–H groups in total. The van der Waals surface area contributed by atoms with Crippen molar-refractivity contribution in [2.75, 3.05) is 6.61 Å². The van der Waals surface area contributed by atoms with Crippen LogP contribution in [0.3, 0.4) is 0 Å². The van der Waals surface area contributed by atoms with E-state index in [1.54, 1.807) is 24.3 Å². The number of ether oxygens (including phenoxy) is 1. The first-order valence-corrected chi connectivity index (χ1v) is 14.7. The van der Waals surface area contributed by atoms with Gasteiger partial charge in [-0.05, 0) is 37.1 Å². The van der Waals surface area contributed by atoms with Crippen molar-refractivity contribution in [3.8, 4) is 5.75 Å². The second-order valence-electron chi connectivity index (χ2n) is 9.83.